The molecule has 1 atom stereocenters. The highest BCUT2D eigenvalue weighted by atomic mass is 16.5. The first kappa shape index (κ1) is 37.7. The van der Waals surface area contributed by atoms with Crippen LogP contribution in [0.25, 0.3) is 0 Å². The predicted molar refractivity (Wildman–Crippen MR) is 167 cm³/mol. The summed E-state index contributed by atoms with van der Waals surface area (Å²) in [7, 11) is 0. The highest BCUT2D eigenvalue weighted by molar-refractivity contribution is 5.79. The molecule has 0 heterocycles. The SMILES string of the molecule is CCCCCCCCCCCCCCCCCCCCCC/C=C/CCCCC(CC(=O)O)C(=O)OCCC. The first-order chi connectivity index (χ1) is 19.1. The van der Waals surface area contributed by atoms with Gasteiger partial charge in [0.1, 0.15) is 0 Å². The van der Waals surface area contributed by atoms with E-state index < -0.39 is 11.9 Å². The van der Waals surface area contributed by atoms with E-state index in [0.29, 0.717) is 13.0 Å². The minimum atomic E-state index is -0.928. The van der Waals surface area contributed by atoms with Crippen molar-refractivity contribution < 1.29 is 19.4 Å². The number of rotatable bonds is 31. The molecule has 1 unspecified atom stereocenters. The van der Waals surface area contributed by atoms with Crippen molar-refractivity contribution in [3.05, 3.63) is 12.2 Å². The quantitative estimate of drug-likeness (QED) is 0.0529. The minimum Gasteiger partial charge on any atom is -0.481 e. The van der Waals surface area contributed by atoms with Crippen LogP contribution in [-0.2, 0) is 14.3 Å². The van der Waals surface area contributed by atoms with Gasteiger partial charge in [-0.3, -0.25) is 9.59 Å². The molecule has 0 fully saturated rings. The van der Waals surface area contributed by atoms with Crippen LogP contribution in [0.3, 0.4) is 0 Å². The maximum Gasteiger partial charge on any atom is 0.309 e. The van der Waals surface area contributed by atoms with Crippen molar-refractivity contribution in [3.8, 4) is 0 Å². The van der Waals surface area contributed by atoms with Crippen LogP contribution in [0, 0.1) is 5.92 Å². The molecule has 0 saturated carbocycles. The molecule has 0 spiro atoms. The molecule has 0 bridgehead atoms. The smallest absolute Gasteiger partial charge is 0.309 e. The predicted octanol–water partition coefficient (Wildman–Crippen LogP) is 11.4. The summed E-state index contributed by atoms with van der Waals surface area (Å²) in [6.07, 6.45) is 38.1. The molecule has 0 aliphatic heterocycles. The third kappa shape index (κ3) is 29.5. The maximum atomic E-state index is 12.0. The Morgan fingerprint density at radius 1 is 0.564 bits per heavy atom. The van der Waals surface area contributed by atoms with Gasteiger partial charge in [0.05, 0.1) is 18.9 Å². The monoisotopic (exact) mass is 550 g/mol. The third-order valence-electron chi connectivity index (χ3n) is 7.77. The van der Waals surface area contributed by atoms with E-state index in [4.69, 9.17) is 9.84 Å². The van der Waals surface area contributed by atoms with E-state index >= 15 is 0 Å². The Bertz CT molecular complexity index is 557. The van der Waals surface area contributed by atoms with Crippen LogP contribution in [0.1, 0.15) is 187 Å². The summed E-state index contributed by atoms with van der Waals surface area (Å²) in [5.41, 5.74) is 0. The molecular weight excluding hydrogens is 484 g/mol. The van der Waals surface area contributed by atoms with Gasteiger partial charge >= 0.3 is 11.9 Å². The third-order valence-corrected chi connectivity index (χ3v) is 7.77. The summed E-state index contributed by atoms with van der Waals surface area (Å²) >= 11 is 0. The summed E-state index contributed by atoms with van der Waals surface area (Å²) in [4.78, 5) is 23.0. The van der Waals surface area contributed by atoms with Crippen molar-refractivity contribution in [3.63, 3.8) is 0 Å². The van der Waals surface area contributed by atoms with Crippen molar-refractivity contribution in [2.24, 2.45) is 5.92 Å². The number of hydrogen-bond acceptors (Lipinski definition) is 3. The number of carbonyl (C=O) groups is 2. The second kappa shape index (κ2) is 31.2. The van der Waals surface area contributed by atoms with Crippen molar-refractivity contribution in [1.82, 2.24) is 0 Å². The van der Waals surface area contributed by atoms with E-state index in [0.717, 1.165) is 32.1 Å². The van der Waals surface area contributed by atoms with Crippen molar-refractivity contribution in [2.45, 2.75) is 187 Å². The zero-order valence-corrected chi connectivity index (χ0v) is 26.2. The van der Waals surface area contributed by atoms with Crippen LogP contribution in [-0.4, -0.2) is 23.7 Å². The Labute approximate surface area is 243 Å². The Hall–Kier alpha value is -1.32. The van der Waals surface area contributed by atoms with Crippen molar-refractivity contribution >= 4 is 11.9 Å². The van der Waals surface area contributed by atoms with E-state index in [-0.39, 0.29) is 12.4 Å². The van der Waals surface area contributed by atoms with Crippen LogP contribution in [0.15, 0.2) is 12.2 Å². The van der Waals surface area contributed by atoms with Crippen LogP contribution < -0.4 is 0 Å². The van der Waals surface area contributed by atoms with Crippen LogP contribution in [0.5, 0.6) is 0 Å². The van der Waals surface area contributed by atoms with Gasteiger partial charge in [-0.25, -0.2) is 0 Å². The number of esters is 1. The van der Waals surface area contributed by atoms with Gasteiger partial charge in [-0.2, -0.15) is 0 Å². The van der Waals surface area contributed by atoms with Crippen LogP contribution in [0.2, 0.25) is 0 Å². The fourth-order valence-corrected chi connectivity index (χ4v) is 5.24. The van der Waals surface area contributed by atoms with Gasteiger partial charge in [0, 0.05) is 0 Å². The largest absolute Gasteiger partial charge is 0.481 e. The summed E-state index contributed by atoms with van der Waals surface area (Å²) in [5.74, 6) is -1.79. The van der Waals surface area contributed by atoms with Gasteiger partial charge in [0.25, 0.3) is 0 Å². The van der Waals surface area contributed by atoms with E-state index in [2.05, 4.69) is 19.1 Å². The maximum absolute atomic E-state index is 12.0. The zero-order valence-electron chi connectivity index (χ0n) is 26.2. The van der Waals surface area contributed by atoms with Crippen molar-refractivity contribution in [1.29, 1.82) is 0 Å². The lowest BCUT2D eigenvalue weighted by atomic mass is 9.98. The fraction of sp³-hybridized carbons (Fsp3) is 0.886. The molecule has 0 aromatic heterocycles. The molecule has 0 aliphatic rings. The Balaban J connectivity index is 3.37. The van der Waals surface area contributed by atoms with Gasteiger partial charge in [0.2, 0.25) is 0 Å². The molecule has 0 radical (unpaired) electrons. The van der Waals surface area contributed by atoms with Crippen LogP contribution >= 0.6 is 0 Å². The molecule has 0 rings (SSSR count). The molecule has 0 aromatic carbocycles. The molecule has 1 N–H and O–H groups in total. The molecule has 0 aliphatic carbocycles. The van der Waals surface area contributed by atoms with Gasteiger partial charge in [-0.1, -0.05) is 154 Å². The zero-order chi connectivity index (χ0) is 28.7. The van der Waals surface area contributed by atoms with Crippen molar-refractivity contribution in [2.75, 3.05) is 6.61 Å². The molecule has 39 heavy (non-hydrogen) atoms. The number of carboxylic acid groups (broad SMARTS) is 1. The lowest BCUT2D eigenvalue weighted by molar-refractivity contribution is -0.153. The summed E-state index contributed by atoms with van der Waals surface area (Å²) in [5, 5.41) is 9.04. The Morgan fingerprint density at radius 2 is 0.949 bits per heavy atom. The number of carbonyl (C=O) groups excluding carboxylic acids is 1. The number of aliphatic carboxylic acids is 1. The Morgan fingerprint density at radius 3 is 1.33 bits per heavy atom. The lowest BCUT2D eigenvalue weighted by Crippen LogP contribution is -2.21. The summed E-state index contributed by atoms with van der Waals surface area (Å²) in [6.45, 7) is 4.60. The van der Waals surface area contributed by atoms with Gasteiger partial charge in [0.15, 0.2) is 0 Å². The number of ether oxygens (including phenoxy) is 1. The summed E-state index contributed by atoms with van der Waals surface area (Å²) < 4.78 is 5.15. The van der Waals surface area contributed by atoms with E-state index in [1.54, 1.807) is 0 Å². The number of unbranched alkanes of at least 4 members (excludes halogenated alkanes) is 22. The molecule has 0 amide bonds. The first-order valence-corrected chi connectivity index (χ1v) is 17.1. The second-order valence-electron chi connectivity index (χ2n) is 11.7. The lowest BCUT2D eigenvalue weighted by Gasteiger charge is -2.13. The first-order valence-electron chi connectivity index (χ1n) is 17.1. The average Bonchev–Trinajstić information content (AvgIpc) is 2.92. The standard InChI is InChI=1S/C35H66O4/c1-3-5-6-7-8-9-10-11-12-13-14-15-16-17-18-19-20-21-22-23-24-25-26-27-28-29-30-33(32-34(36)37)35(38)39-31-4-2/h25-26,33H,3-24,27-32H2,1-2H3,(H,36,37)/b26-25+. The number of carboxylic acids is 1. The Kier molecular flexibility index (Phi) is 30.2. The highest BCUT2D eigenvalue weighted by Gasteiger charge is 2.22. The molecular formula is C35H66O4. The normalized spacial score (nSPS) is 12.3. The minimum absolute atomic E-state index is 0.127. The molecule has 230 valence electrons. The van der Waals surface area contributed by atoms with Gasteiger partial charge in [-0.15, -0.1) is 0 Å². The fourth-order valence-electron chi connectivity index (χ4n) is 5.24. The second-order valence-corrected chi connectivity index (χ2v) is 11.7. The molecule has 0 aromatic rings. The highest BCUT2D eigenvalue weighted by Crippen LogP contribution is 2.17. The van der Waals surface area contributed by atoms with Gasteiger partial charge < -0.3 is 9.84 Å². The number of hydrogen-bond donors (Lipinski definition) is 1. The van der Waals surface area contributed by atoms with Crippen LogP contribution in [0.4, 0.5) is 0 Å². The summed E-state index contributed by atoms with van der Waals surface area (Å²) in [6, 6.07) is 0. The molecule has 4 nitrogen and oxygen atoms in total. The topological polar surface area (TPSA) is 63.6 Å². The molecule has 0 saturated heterocycles. The average molecular weight is 551 g/mol. The van der Waals surface area contributed by atoms with E-state index in [9.17, 15) is 9.59 Å². The van der Waals surface area contributed by atoms with E-state index in [1.807, 2.05) is 6.92 Å². The van der Waals surface area contributed by atoms with Gasteiger partial charge in [-0.05, 0) is 38.5 Å². The number of allylic oxidation sites excluding steroid dienone is 2. The molecule has 4 heteroatoms. The van der Waals surface area contributed by atoms with E-state index in [1.165, 1.54) is 128 Å².